The molecule has 9 heteroatoms. The van der Waals surface area contributed by atoms with Gasteiger partial charge in [-0.3, -0.25) is 9.57 Å². The van der Waals surface area contributed by atoms with Crippen LogP contribution in [0.1, 0.15) is 17.7 Å². The topological polar surface area (TPSA) is 94.0 Å². The number of aromatic nitrogens is 2. The van der Waals surface area contributed by atoms with Crippen LogP contribution in [0.5, 0.6) is 0 Å². The van der Waals surface area contributed by atoms with Crippen LogP contribution in [0.15, 0.2) is 60.8 Å². The number of amides is 1. The third kappa shape index (κ3) is 5.87. The van der Waals surface area contributed by atoms with Crippen LogP contribution in [0.3, 0.4) is 0 Å². The molecule has 0 spiro atoms. The van der Waals surface area contributed by atoms with Crippen molar-refractivity contribution in [3.63, 3.8) is 0 Å². The number of nitrogens with one attached hydrogen (secondary N) is 3. The molecule has 170 valence electrons. The van der Waals surface area contributed by atoms with Gasteiger partial charge in [0.05, 0.1) is 17.9 Å². The Morgan fingerprint density at radius 3 is 2.78 bits per heavy atom. The van der Waals surface area contributed by atoms with Crippen molar-refractivity contribution in [1.29, 1.82) is 4.78 Å². The maximum atomic E-state index is 14.1. The minimum Gasteiger partial charge on any atom is -0.349 e. The highest BCUT2D eigenvalue weighted by molar-refractivity contribution is 8.01. The van der Waals surface area contributed by atoms with Crippen LogP contribution in [-0.4, -0.2) is 51.9 Å². The number of alkyl halides is 1. The summed E-state index contributed by atoms with van der Waals surface area (Å²) in [6.45, 7) is 4.59. The van der Waals surface area contributed by atoms with Gasteiger partial charge >= 0.3 is 0 Å². The summed E-state index contributed by atoms with van der Waals surface area (Å²) in [7, 11) is -0.532. The molecule has 2 heterocycles. The molecule has 32 heavy (non-hydrogen) atoms. The molecule has 1 aromatic heterocycles. The summed E-state index contributed by atoms with van der Waals surface area (Å²) in [5.74, 6) is 3.58. The number of nitrogens with zero attached hydrogens (tertiary/aromatic N) is 3. The van der Waals surface area contributed by atoms with E-state index in [9.17, 15) is 9.18 Å². The number of carbonyl (C=O) groups is 1. The van der Waals surface area contributed by atoms with E-state index in [4.69, 9.17) is 4.78 Å². The summed E-state index contributed by atoms with van der Waals surface area (Å²) in [6.07, 6.45) is 3.50. The number of hydrogen-bond donors (Lipinski definition) is 3. The van der Waals surface area contributed by atoms with Crippen molar-refractivity contribution in [3.05, 3.63) is 72.1 Å². The van der Waals surface area contributed by atoms with Gasteiger partial charge in [-0.15, -0.1) is 0 Å². The van der Waals surface area contributed by atoms with E-state index in [1.165, 1.54) is 11.9 Å². The van der Waals surface area contributed by atoms with Crippen molar-refractivity contribution >= 4 is 21.4 Å². The van der Waals surface area contributed by atoms with Crippen molar-refractivity contribution < 1.29 is 9.18 Å². The zero-order valence-electron chi connectivity index (χ0n) is 18.1. The highest BCUT2D eigenvalue weighted by Crippen LogP contribution is 2.25. The molecular formula is C23H29FN6OS. The predicted octanol–water partition coefficient (Wildman–Crippen LogP) is 2.85. The van der Waals surface area contributed by atoms with Gasteiger partial charge in [0.15, 0.2) is 0 Å². The molecule has 1 amide bonds. The molecule has 2 aromatic rings. The maximum absolute atomic E-state index is 14.1. The summed E-state index contributed by atoms with van der Waals surface area (Å²) in [5, 5.41) is 7.53. The largest absolute Gasteiger partial charge is 0.349 e. The lowest BCUT2D eigenvalue weighted by atomic mass is 10.1. The highest BCUT2D eigenvalue weighted by Gasteiger charge is 2.39. The fraction of sp³-hybridized carbons (Fsp3) is 0.304. The third-order valence-corrected chi connectivity index (χ3v) is 7.01. The number of rotatable bonds is 9. The lowest BCUT2D eigenvalue weighted by Gasteiger charge is -2.27. The molecule has 1 fully saturated rings. The van der Waals surface area contributed by atoms with E-state index in [2.05, 4.69) is 33.1 Å². The van der Waals surface area contributed by atoms with Gasteiger partial charge in [-0.2, -0.15) is 0 Å². The first-order chi connectivity index (χ1) is 15.3. The molecule has 7 nitrogen and oxygen atoms in total. The maximum Gasteiger partial charge on any atom is 0.238 e. The molecule has 3 atom stereocenters. The second-order valence-electron chi connectivity index (χ2n) is 7.61. The van der Waals surface area contributed by atoms with Crippen molar-refractivity contribution in [2.45, 2.75) is 31.7 Å². The van der Waals surface area contributed by atoms with E-state index in [1.54, 1.807) is 21.9 Å². The second-order valence-corrected chi connectivity index (χ2v) is 9.86. The first kappa shape index (κ1) is 23.8. The Hall–Kier alpha value is -2.88. The molecule has 0 bridgehead atoms. The Kier molecular flexibility index (Phi) is 7.89. The van der Waals surface area contributed by atoms with E-state index < -0.39 is 21.8 Å². The zero-order valence-corrected chi connectivity index (χ0v) is 18.9. The quantitative estimate of drug-likeness (QED) is 0.399. The van der Waals surface area contributed by atoms with Gasteiger partial charge in [0.2, 0.25) is 5.91 Å². The van der Waals surface area contributed by atoms with Gasteiger partial charge in [-0.1, -0.05) is 52.6 Å². The van der Waals surface area contributed by atoms with Gasteiger partial charge in [-0.25, -0.2) is 18.7 Å². The average molecular weight is 457 g/mol. The number of benzene rings is 1. The van der Waals surface area contributed by atoms with Crippen molar-refractivity contribution in [1.82, 2.24) is 24.9 Å². The minimum absolute atomic E-state index is 0.0170. The van der Waals surface area contributed by atoms with E-state index in [-0.39, 0.29) is 25.4 Å². The van der Waals surface area contributed by atoms with E-state index in [0.717, 1.165) is 17.8 Å². The average Bonchev–Trinajstić information content (AvgIpc) is 3.20. The van der Waals surface area contributed by atoms with Crippen molar-refractivity contribution in [2.75, 3.05) is 13.6 Å². The van der Waals surface area contributed by atoms with Crippen LogP contribution in [-0.2, 0) is 27.5 Å². The molecule has 1 aliphatic heterocycles. The molecule has 1 saturated heterocycles. The third-order valence-electron chi connectivity index (χ3n) is 5.16. The lowest BCUT2D eigenvalue weighted by molar-refractivity contribution is -0.124. The molecule has 1 aliphatic rings. The zero-order chi connectivity index (χ0) is 23.1. The SMILES string of the molecule is C=CC=CS(=C)(=N)N1CC(F)CC1C(=O)NCc1cc(-c2ccc(CNC)cc2)ncn1. The number of carbonyl (C=O) groups excluding carboxylic acids is 1. The molecule has 3 unspecified atom stereocenters. The summed E-state index contributed by atoms with van der Waals surface area (Å²) >= 11 is 0. The minimum atomic E-state index is -2.43. The molecule has 0 saturated carbocycles. The standard InChI is InChI=1S/C23H29FN6OS/c1-4-5-10-32(3,25)30-15-19(24)11-22(30)23(31)27-14-20-12-21(29-16-28-20)18-8-6-17(7-9-18)13-26-2/h4-10,12,16,19,22,25-26H,1,3,11,13-15H2,2H3,(H,27,31). The van der Waals surface area contributed by atoms with Gasteiger partial charge in [0.1, 0.15) is 18.5 Å². The molecular weight excluding hydrogens is 427 g/mol. The fourth-order valence-corrected chi connectivity index (χ4v) is 5.15. The Morgan fingerprint density at radius 2 is 2.09 bits per heavy atom. The van der Waals surface area contributed by atoms with Gasteiger partial charge < -0.3 is 10.6 Å². The normalized spacial score (nSPS) is 20.8. The van der Waals surface area contributed by atoms with E-state index in [1.807, 2.05) is 37.4 Å². The van der Waals surface area contributed by atoms with Crippen molar-refractivity contribution in [2.24, 2.45) is 0 Å². The van der Waals surface area contributed by atoms with Crippen LogP contribution in [0.4, 0.5) is 4.39 Å². The second kappa shape index (κ2) is 10.6. The van der Waals surface area contributed by atoms with E-state index >= 15 is 0 Å². The van der Waals surface area contributed by atoms with Crippen LogP contribution in [0.25, 0.3) is 11.3 Å². The van der Waals surface area contributed by atoms with Gasteiger partial charge in [0, 0.05) is 25.1 Å². The fourth-order valence-electron chi connectivity index (χ4n) is 3.56. The Balaban J connectivity index is 1.68. The smallest absolute Gasteiger partial charge is 0.238 e. The predicted molar refractivity (Wildman–Crippen MR) is 129 cm³/mol. The lowest BCUT2D eigenvalue weighted by Crippen LogP contribution is -2.44. The number of hydrogen-bond acceptors (Lipinski definition) is 5. The number of halogens is 1. The first-order valence-corrected chi connectivity index (χ1v) is 12.1. The van der Waals surface area contributed by atoms with Crippen LogP contribution in [0, 0.1) is 4.78 Å². The highest BCUT2D eigenvalue weighted by atomic mass is 32.2. The Labute approximate surface area is 189 Å². The monoisotopic (exact) mass is 456 g/mol. The van der Waals surface area contributed by atoms with Gasteiger partial charge in [0.25, 0.3) is 0 Å². The molecule has 1 aromatic carbocycles. The first-order valence-electron chi connectivity index (χ1n) is 10.3. The summed E-state index contributed by atoms with van der Waals surface area (Å²) < 4.78 is 24.2. The molecule has 3 N–H and O–H groups in total. The van der Waals surface area contributed by atoms with Crippen LogP contribution in [0.2, 0.25) is 0 Å². The van der Waals surface area contributed by atoms with Gasteiger partial charge in [-0.05, 0) is 30.0 Å². The van der Waals surface area contributed by atoms with Crippen molar-refractivity contribution in [3.8, 4) is 11.3 Å². The Morgan fingerprint density at radius 1 is 1.34 bits per heavy atom. The molecule has 0 radical (unpaired) electrons. The summed E-state index contributed by atoms with van der Waals surface area (Å²) in [6, 6.07) is 9.14. The Bertz CT molecular complexity index is 1080. The van der Waals surface area contributed by atoms with Crippen LogP contribution >= 0.6 is 0 Å². The molecule has 0 aliphatic carbocycles. The van der Waals surface area contributed by atoms with Crippen LogP contribution < -0.4 is 10.6 Å². The van der Waals surface area contributed by atoms with E-state index in [0.29, 0.717) is 5.69 Å². The summed E-state index contributed by atoms with van der Waals surface area (Å²) in [4.78, 5) is 21.4. The molecule has 3 rings (SSSR count). The number of allylic oxidation sites excluding steroid dienone is 2. The summed E-state index contributed by atoms with van der Waals surface area (Å²) in [5.41, 5.74) is 3.53.